The summed E-state index contributed by atoms with van der Waals surface area (Å²) in [5.74, 6) is 0. The first kappa shape index (κ1) is 27.8. The molecule has 0 heterocycles. The lowest BCUT2D eigenvalue weighted by Crippen LogP contribution is -2.13. The van der Waals surface area contributed by atoms with Crippen molar-refractivity contribution in [3.8, 4) is 12.1 Å². The zero-order valence-electron chi connectivity index (χ0n) is 18.1. The number of hydrogen-bond acceptors (Lipinski definition) is 8. The first-order chi connectivity index (χ1) is 17.1. The van der Waals surface area contributed by atoms with E-state index in [0.717, 1.165) is 0 Å². The first-order valence-electron chi connectivity index (χ1n) is 10.2. The van der Waals surface area contributed by atoms with Crippen LogP contribution in [0.3, 0.4) is 0 Å². The molecule has 0 saturated carbocycles. The third-order valence-electron chi connectivity index (χ3n) is 5.41. The average molecular weight is 566 g/mol. The van der Waals surface area contributed by atoms with Crippen LogP contribution in [-0.4, -0.2) is 10.4 Å². The lowest BCUT2D eigenvalue weighted by Gasteiger charge is -2.28. The van der Waals surface area contributed by atoms with Crippen LogP contribution in [0.5, 0.6) is 0 Å². The Morgan fingerprint density at radius 2 is 0.944 bits per heavy atom. The topological polar surface area (TPSA) is 141 Å². The van der Waals surface area contributed by atoms with E-state index >= 15 is 0 Å². The highest BCUT2D eigenvalue weighted by Crippen LogP contribution is 2.45. The van der Waals surface area contributed by atoms with Gasteiger partial charge in [-0.2, -0.15) is 10.5 Å². The number of anilines is 2. The second-order valence-corrected chi connectivity index (χ2v) is 9.47. The summed E-state index contributed by atoms with van der Waals surface area (Å²) in [6, 6.07) is 18.6. The van der Waals surface area contributed by atoms with Gasteiger partial charge in [-0.1, -0.05) is 36.4 Å². The molecule has 3 aromatic rings. The number of alkyl halides is 4. The Labute approximate surface area is 226 Å². The Hall–Kier alpha value is -2.76. The van der Waals surface area contributed by atoms with Crippen molar-refractivity contribution in [1.82, 2.24) is 0 Å². The van der Waals surface area contributed by atoms with E-state index in [1.807, 2.05) is 12.1 Å². The molecule has 0 saturated heterocycles. The highest BCUT2D eigenvalue weighted by atomic mass is 35.5. The van der Waals surface area contributed by atoms with Gasteiger partial charge in [-0.05, 0) is 46.5 Å². The van der Waals surface area contributed by atoms with Crippen LogP contribution in [-0.2, 0) is 0 Å². The van der Waals surface area contributed by atoms with Crippen LogP contribution in [0.4, 0.5) is 11.4 Å². The highest BCUT2D eigenvalue weighted by molar-refractivity contribution is 6.31. The molecule has 0 aromatic heterocycles. The Balaban J connectivity index is 1.84. The zero-order valence-corrected chi connectivity index (χ0v) is 21.1. The van der Waals surface area contributed by atoms with Gasteiger partial charge in [0.05, 0.1) is 56.1 Å². The maximum absolute atomic E-state index is 11.6. The number of benzene rings is 3. The third-order valence-corrected chi connectivity index (χ3v) is 7.65. The molecule has 12 heteroatoms. The van der Waals surface area contributed by atoms with E-state index in [1.165, 1.54) is 36.4 Å². The van der Waals surface area contributed by atoms with Crippen LogP contribution < -0.4 is 10.5 Å². The van der Waals surface area contributed by atoms with Crippen molar-refractivity contribution in [2.24, 2.45) is 0 Å². The van der Waals surface area contributed by atoms with Gasteiger partial charge in [-0.25, -0.2) is 0 Å². The molecule has 0 bridgehead atoms. The van der Waals surface area contributed by atoms with Crippen molar-refractivity contribution in [3.63, 3.8) is 0 Å². The fourth-order valence-corrected chi connectivity index (χ4v) is 4.76. The zero-order chi connectivity index (χ0) is 26.6. The molecular weight excluding hydrogens is 550 g/mol. The molecule has 0 unspecified atom stereocenters. The minimum Gasteiger partial charge on any atom is -0.733 e. The fourth-order valence-electron chi connectivity index (χ4n) is 3.54. The smallest absolute Gasteiger partial charge is 0.0992 e. The molecule has 0 fully saturated rings. The Morgan fingerprint density at radius 1 is 0.611 bits per heavy atom. The number of hydrogen-bond donors (Lipinski definition) is 2. The van der Waals surface area contributed by atoms with Gasteiger partial charge in [-0.15, -0.1) is 46.4 Å². The predicted octanol–water partition coefficient (Wildman–Crippen LogP) is 7.34. The molecule has 2 N–H and O–H groups in total. The van der Waals surface area contributed by atoms with Gasteiger partial charge in [0.2, 0.25) is 0 Å². The maximum Gasteiger partial charge on any atom is 0.0992 e. The second kappa shape index (κ2) is 12.0. The molecule has 36 heavy (non-hydrogen) atoms. The SMILES string of the molecule is N#Cc1ccc([C@@H](Cl)[C@@H](Cl)c2ccc([C@H](Cl)[C@H](Cl)c3ccc(C#N)cc3N([O-])O)cc2)c(N([O-])O)c1. The summed E-state index contributed by atoms with van der Waals surface area (Å²) >= 11 is 26.2. The van der Waals surface area contributed by atoms with Gasteiger partial charge in [0.25, 0.3) is 0 Å². The summed E-state index contributed by atoms with van der Waals surface area (Å²) in [5.41, 5.74) is 1.54. The van der Waals surface area contributed by atoms with Crippen LogP contribution in [0.1, 0.15) is 54.9 Å². The van der Waals surface area contributed by atoms with Gasteiger partial charge in [0, 0.05) is 0 Å². The summed E-state index contributed by atoms with van der Waals surface area (Å²) in [6.07, 6.45) is 0. The Morgan fingerprint density at radius 3 is 1.22 bits per heavy atom. The summed E-state index contributed by atoms with van der Waals surface area (Å²) in [5, 5.41) is 55.8. The second-order valence-electron chi connectivity index (χ2n) is 7.59. The number of nitriles is 2. The van der Waals surface area contributed by atoms with Crippen molar-refractivity contribution in [3.05, 3.63) is 104 Å². The van der Waals surface area contributed by atoms with Gasteiger partial charge in [-0.3, -0.25) is 10.4 Å². The van der Waals surface area contributed by atoms with Crippen LogP contribution in [0.2, 0.25) is 0 Å². The fraction of sp³-hybridized carbons (Fsp3) is 0.167. The normalized spacial score (nSPS) is 14.2. The standard InChI is InChI=1S/C24H16Cl4N4O4/c25-21(23(27)17-7-1-13(11-29)9-19(17)31(33)34)15-3-5-16(6-4-15)22(26)24(28)18-8-2-14(12-30)10-20(18)32(35)36/h1-10,21-24,33,35H/q-2/t21-,22-,23+,24+/m0/s1. The minimum absolute atomic E-state index is 0.165. The summed E-state index contributed by atoms with van der Waals surface area (Å²) in [7, 11) is 0. The van der Waals surface area contributed by atoms with Crippen molar-refractivity contribution in [2.75, 3.05) is 10.5 Å². The van der Waals surface area contributed by atoms with Crippen molar-refractivity contribution in [2.45, 2.75) is 21.5 Å². The third kappa shape index (κ3) is 5.96. The molecule has 0 radical (unpaired) electrons. The average Bonchev–Trinajstić information content (AvgIpc) is 2.90. The van der Waals surface area contributed by atoms with E-state index < -0.39 is 21.5 Å². The van der Waals surface area contributed by atoms with Gasteiger partial charge in [0.15, 0.2) is 0 Å². The largest absolute Gasteiger partial charge is 0.733 e. The molecule has 0 aliphatic carbocycles. The number of halogens is 4. The summed E-state index contributed by atoms with van der Waals surface area (Å²) in [6.45, 7) is 0. The molecule has 186 valence electrons. The van der Waals surface area contributed by atoms with E-state index in [-0.39, 0.29) is 44.1 Å². The van der Waals surface area contributed by atoms with Crippen LogP contribution in [0, 0.1) is 33.1 Å². The lowest BCUT2D eigenvalue weighted by molar-refractivity contribution is 0.295. The van der Waals surface area contributed by atoms with Crippen molar-refractivity contribution < 1.29 is 10.4 Å². The van der Waals surface area contributed by atoms with Crippen molar-refractivity contribution in [1.29, 1.82) is 10.5 Å². The van der Waals surface area contributed by atoms with Crippen molar-refractivity contribution >= 4 is 57.8 Å². The monoisotopic (exact) mass is 564 g/mol. The van der Waals surface area contributed by atoms with E-state index in [4.69, 9.17) is 56.9 Å². The molecule has 4 atom stereocenters. The Kier molecular flexibility index (Phi) is 9.26. The van der Waals surface area contributed by atoms with Crippen LogP contribution in [0.15, 0.2) is 60.7 Å². The van der Waals surface area contributed by atoms with Crippen LogP contribution in [0.25, 0.3) is 0 Å². The van der Waals surface area contributed by atoms with E-state index in [0.29, 0.717) is 11.1 Å². The molecule has 8 nitrogen and oxygen atoms in total. The van der Waals surface area contributed by atoms with E-state index in [2.05, 4.69) is 0 Å². The highest BCUT2D eigenvalue weighted by Gasteiger charge is 2.26. The summed E-state index contributed by atoms with van der Waals surface area (Å²) < 4.78 is 0. The molecule has 3 aromatic carbocycles. The quantitative estimate of drug-likeness (QED) is 0.213. The molecule has 0 aliphatic rings. The molecule has 0 spiro atoms. The van der Waals surface area contributed by atoms with Gasteiger partial charge in [0.1, 0.15) is 0 Å². The number of rotatable bonds is 8. The predicted molar refractivity (Wildman–Crippen MR) is 138 cm³/mol. The van der Waals surface area contributed by atoms with E-state index in [1.54, 1.807) is 24.3 Å². The van der Waals surface area contributed by atoms with E-state index in [9.17, 15) is 20.8 Å². The first-order valence-corrected chi connectivity index (χ1v) is 11.9. The molecular formula is C24H16Cl4N4O4-2. The minimum atomic E-state index is -0.940. The van der Waals surface area contributed by atoms with Crippen LogP contribution >= 0.6 is 46.4 Å². The summed E-state index contributed by atoms with van der Waals surface area (Å²) in [4.78, 5) is 0. The maximum atomic E-state index is 11.6. The molecule has 3 rings (SSSR count). The molecule has 0 aliphatic heterocycles. The number of nitrogens with zero attached hydrogens (tertiary/aromatic N) is 4. The Bertz CT molecular complexity index is 1210. The molecule has 0 amide bonds. The van der Waals surface area contributed by atoms with Gasteiger partial charge >= 0.3 is 0 Å². The van der Waals surface area contributed by atoms with Gasteiger partial charge < -0.3 is 20.9 Å². The lowest BCUT2D eigenvalue weighted by atomic mass is 9.97.